The third-order valence-electron chi connectivity index (χ3n) is 4.34. The van der Waals surface area contributed by atoms with E-state index in [-0.39, 0.29) is 18.9 Å². The average molecular weight is 391 g/mol. The van der Waals surface area contributed by atoms with Crippen LogP contribution in [0.15, 0.2) is 40.8 Å². The molecule has 0 radical (unpaired) electrons. The molecule has 1 unspecified atom stereocenters. The van der Waals surface area contributed by atoms with Crippen molar-refractivity contribution in [3.05, 3.63) is 46.4 Å². The Balaban J connectivity index is 1.72. The SMILES string of the molecule is O=C(O)C1CC(=O)N(c2ccc3nc(-c4cccc(Cl)c4Cl)oc3c2)C1. The van der Waals surface area contributed by atoms with Crippen molar-refractivity contribution < 1.29 is 19.1 Å². The fourth-order valence-corrected chi connectivity index (χ4v) is 3.37. The molecule has 1 atom stereocenters. The first kappa shape index (κ1) is 16.9. The largest absolute Gasteiger partial charge is 0.481 e. The van der Waals surface area contributed by atoms with Gasteiger partial charge in [0.2, 0.25) is 11.8 Å². The van der Waals surface area contributed by atoms with Gasteiger partial charge in [-0.05, 0) is 24.3 Å². The van der Waals surface area contributed by atoms with Gasteiger partial charge in [0.1, 0.15) is 5.52 Å². The van der Waals surface area contributed by atoms with E-state index in [0.717, 1.165) is 0 Å². The molecule has 0 aliphatic carbocycles. The van der Waals surface area contributed by atoms with Gasteiger partial charge in [-0.1, -0.05) is 29.3 Å². The Bertz CT molecular complexity index is 1050. The Kier molecular flexibility index (Phi) is 4.09. The molecule has 132 valence electrons. The zero-order valence-electron chi connectivity index (χ0n) is 13.3. The maximum Gasteiger partial charge on any atom is 0.308 e. The quantitative estimate of drug-likeness (QED) is 0.722. The van der Waals surface area contributed by atoms with Crippen molar-refractivity contribution in [2.75, 3.05) is 11.4 Å². The molecule has 6 nitrogen and oxygen atoms in total. The van der Waals surface area contributed by atoms with Crippen molar-refractivity contribution in [2.45, 2.75) is 6.42 Å². The van der Waals surface area contributed by atoms with Crippen LogP contribution in [0.3, 0.4) is 0 Å². The second kappa shape index (κ2) is 6.30. The van der Waals surface area contributed by atoms with Crippen molar-refractivity contribution in [1.29, 1.82) is 0 Å². The summed E-state index contributed by atoms with van der Waals surface area (Å²) in [6.07, 6.45) is -0.00680. The van der Waals surface area contributed by atoms with Gasteiger partial charge >= 0.3 is 5.97 Å². The van der Waals surface area contributed by atoms with Crippen LogP contribution in [-0.4, -0.2) is 28.5 Å². The number of carbonyl (C=O) groups is 2. The maximum absolute atomic E-state index is 12.1. The van der Waals surface area contributed by atoms with Gasteiger partial charge in [0.05, 0.1) is 21.5 Å². The van der Waals surface area contributed by atoms with E-state index in [1.807, 2.05) is 0 Å². The summed E-state index contributed by atoms with van der Waals surface area (Å²) < 4.78 is 5.79. The van der Waals surface area contributed by atoms with Gasteiger partial charge in [0.25, 0.3) is 0 Å². The lowest BCUT2D eigenvalue weighted by molar-refractivity contribution is -0.141. The first-order valence-corrected chi connectivity index (χ1v) is 8.58. The predicted molar refractivity (Wildman–Crippen MR) is 97.6 cm³/mol. The van der Waals surface area contributed by atoms with Gasteiger partial charge in [0, 0.05) is 24.7 Å². The van der Waals surface area contributed by atoms with E-state index in [1.165, 1.54) is 4.90 Å². The number of anilines is 1. The van der Waals surface area contributed by atoms with E-state index in [4.69, 9.17) is 32.7 Å². The lowest BCUT2D eigenvalue weighted by Gasteiger charge is -2.15. The smallest absolute Gasteiger partial charge is 0.308 e. The molecule has 1 fully saturated rings. The number of aliphatic carboxylic acids is 1. The van der Waals surface area contributed by atoms with Crippen molar-refractivity contribution >= 4 is 51.9 Å². The molecule has 1 amide bonds. The van der Waals surface area contributed by atoms with Gasteiger partial charge in [-0.15, -0.1) is 0 Å². The topological polar surface area (TPSA) is 83.6 Å². The number of halogens is 2. The summed E-state index contributed by atoms with van der Waals surface area (Å²) in [4.78, 5) is 29.1. The van der Waals surface area contributed by atoms with E-state index in [2.05, 4.69) is 4.98 Å². The fourth-order valence-electron chi connectivity index (χ4n) is 2.99. The summed E-state index contributed by atoms with van der Waals surface area (Å²) in [7, 11) is 0. The predicted octanol–water partition coefficient (Wildman–Crippen LogP) is 4.24. The normalized spacial score (nSPS) is 17.2. The Hall–Kier alpha value is -2.57. The molecular weight excluding hydrogens is 379 g/mol. The number of carboxylic acid groups (broad SMARTS) is 1. The van der Waals surface area contributed by atoms with E-state index in [1.54, 1.807) is 36.4 Å². The molecule has 0 bridgehead atoms. The van der Waals surface area contributed by atoms with Gasteiger partial charge in [0.15, 0.2) is 5.58 Å². The standard InChI is InChI=1S/C18H12Cl2N2O4/c19-12-3-1-2-11(16(12)20)17-21-13-5-4-10(7-14(13)26-17)22-8-9(18(24)25)6-15(22)23/h1-5,7,9H,6,8H2,(H,24,25). The number of hydrogen-bond donors (Lipinski definition) is 1. The number of amides is 1. The third kappa shape index (κ3) is 2.81. The number of nitrogens with zero attached hydrogens (tertiary/aromatic N) is 2. The number of oxazole rings is 1. The van der Waals surface area contributed by atoms with Crippen LogP contribution >= 0.6 is 23.2 Å². The number of rotatable bonds is 3. The van der Waals surface area contributed by atoms with Crippen LogP contribution in [0.1, 0.15) is 6.42 Å². The highest BCUT2D eigenvalue weighted by molar-refractivity contribution is 6.43. The van der Waals surface area contributed by atoms with Crippen LogP contribution in [0.5, 0.6) is 0 Å². The lowest BCUT2D eigenvalue weighted by atomic mass is 10.1. The highest BCUT2D eigenvalue weighted by atomic mass is 35.5. The van der Waals surface area contributed by atoms with Crippen LogP contribution in [0.25, 0.3) is 22.6 Å². The Morgan fingerprint density at radius 3 is 2.81 bits per heavy atom. The molecule has 8 heteroatoms. The van der Waals surface area contributed by atoms with Crippen molar-refractivity contribution in [1.82, 2.24) is 4.98 Å². The molecular formula is C18H12Cl2N2O4. The minimum absolute atomic E-state index is 0.00680. The minimum atomic E-state index is -0.973. The van der Waals surface area contributed by atoms with E-state index < -0.39 is 11.9 Å². The molecule has 1 aliphatic heterocycles. The molecule has 1 aliphatic rings. The van der Waals surface area contributed by atoms with Crippen LogP contribution in [0.4, 0.5) is 5.69 Å². The molecule has 3 aromatic rings. The summed E-state index contributed by atoms with van der Waals surface area (Å²) in [5.74, 6) is -1.58. The number of fused-ring (bicyclic) bond motifs is 1. The summed E-state index contributed by atoms with van der Waals surface area (Å²) >= 11 is 12.3. The van der Waals surface area contributed by atoms with Crippen LogP contribution in [0.2, 0.25) is 10.0 Å². The zero-order valence-corrected chi connectivity index (χ0v) is 14.8. The number of hydrogen-bond acceptors (Lipinski definition) is 4. The average Bonchev–Trinajstić information content (AvgIpc) is 3.20. The third-order valence-corrected chi connectivity index (χ3v) is 5.16. The number of carboxylic acids is 1. The first-order chi connectivity index (χ1) is 12.4. The summed E-state index contributed by atoms with van der Waals surface area (Å²) in [5, 5.41) is 9.86. The Labute approximate surface area is 157 Å². The number of aromatic nitrogens is 1. The van der Waals surface area contributed by atoms with E-state index in [0.29, 0.717) is 38.3 Å². The molecule has 2 aromatic carbocycles. The van der Waals surface area contributed by atoms with Crippen molar-refractivity contribution in [2.24, 2.45) is 5.92 Å². The molecule has 2 heterocycles. The number of carbonyl (C=O) groups excluding carboxylic acids is 1. The first-order valence-electron chi connectivity index (χ1n) is 7.82. The molecule has 1 N–H and O–H groups in total. The van der Waals surface area contributed by atoms with Gasteiger partial charge in [-0.2, -0.15) is 0 Å². The van der Waals surface area contributed by atoms with Gasteiger partial charge in [-0.25, -0.2) is 4.98 Å². The maximum atomic E-state index is 12.1. The Morgan fingerprint density at radius 1 is 1.27 bits per heavy atom. The van der Waals surface area contributed by atoms with E-state index in [9.17, 15) is 9.59 Å². The van der Waals surface area contributed by atoms with Crippen molar-refractivity contribution in [3.8, 4) is 11.5 Å². The van der Waals surface area contributed by atoms with Crippen LogP contribution < -0.4 is 4.90 Å². The number of benzene rings is 2. The summed E-state index contributed by atoms with van der Waals surface area (Å²) in [6.45, 7) is 0.140. The van der Waals surface area contributed by atoms with Crippen LogP contribution in [-0.2, 0) is 9.59 Å². The monoisotopic (exact) mass is 390 g/mol. The molecule has 0 spiro atoms. The van der Waals surface area contributed by atoms with Crippen LogP contribution in [0, 0.1) is 5.92 Å². The second-order valence-electron chi connectivity index (χ2n) is 6.02. The Morgan fingerprint density at radius 2 is 2.08 bits per heavy atom. The molecule has 1 aromatic heterocycles. The highest BCUT2D eigenvalue weighted by Gasteiger charge is 2.35. The minimum Gasteiger partial charge on any atom is -0.481 e. The summed E-state index contributed by atoms with van der Waals surface area (Å²) in [5.41, 5.74) is 2.22. The van der Waals surface area contributed by atoms with Gasteiger partial charge < -0.3 is 14.4 Å². The van der Waals surface area contributed by atoms with E-state index >= 15 is 0 Å². The van der Waals surface area contributed by atoms with Gasteiger partial charge in [-0.3, -0.25) is 9.59 Å². The molecule has 1 saturated heterocycles. The highest BCUT2D eigenvalue weighted by Crippen LogP contribution is 2.35. The van der Waals surface area contributed by atoms with Crippen molar-refractivity contribution in [3.63, 3.8) is 0 Å². The zero-order chi connectivity index (χ0) is 18.4. The second-order valence-corrected chi connectivity index (χ2v) is 6.80. The molecule has 4 rings (SSSR count). The lowest BCUT2D eigenvalue weighted by Crippen LogP contribution is -2.25. The summed E-state index contributed by atoms with van der Waals surface area (Å²) in [6, 6.07) is 10.3. The molecule has 26 heavy (non-hydrogen) atoms. The molecule has 0 saturated carbocycles. The fraction of sp³-hybridized carbons (Fsp3) is 0.167.